The highest BCUT2D eigenvalue weighted by Crippen LogP contribution is 2.39. The first-order valence-electron chi connectivity index (χ1n) is 9.79. The van der Waals surface area contributed by atoms with Gasteiger partial charge in [-0.1, -0.05) is 36.4 Å². The molecule has 1 aliphatic heterocycles. The van der Waals surface area contributed by atoms with Crippen LogP contribution in [0.2, 0.25) is 0 Å². The van der Waals surface area contributed by atoms with Crippen LogP contribution in [0.1, 0.15) is 22.9 Å². The lowest BCUT2D eigenvalue weighted by Gasteiger charge is -2.36. The molecule has 30 heavy (non-hydrogen) atoms. The number of nitrogens with zero attached hydrogens (tertiary/aromatic N) is 1. The van der Waals surface area contributed by atoms with Crippen molar-refractivity contribution < 1.29 is 13.6 Å². The third kappa shape index (κ3) is 3.10. The SMILES string of the molecule is O=C(Nc1ccc(F)cc1)N1CCc2c([nH]c3ccccc23)[C@@H]1c1ccccc1F. The van der Waals surface area contributed by atoms with Crippen LogP contribution in [0.15, 0.2) is 72.8 Å². The van der Waals surface area contributed by atoms with E-state index in [-0.39, 0.29) is 17.7 Å². The summed E-state index contributed by atoms with van der Waals surface area (Å²) in [5, 5.41) is 3.90. The van der Waals surface area contributed by atoms with Crippen molar-refractivity contribution in [3.63, 3.8) is 0 Å². The molecule has 5 rings (SSSR count). The van der Waals surface area contributed by atoms with Gasteiger partial charge in [0.1, 0.15) is 17.7 Å². The molecule has 0 fully saturated rings. The first-order chi connectivity index (χ1) is 14.6. The highest BCUT2D eigenvalue weighted by molar-refractivity contribution is 5.91. The molecule has 1 aromatic heterocycles. The van der Waals surface area contributed by atoms with Crippen LogP contribution in [0, 0.1) is 11.6 Å². The Bertz CT molecular complexity index is 1230. The van der Waals surface area contributed by atoms with Crippen LogP contribution in [-0.4, -0.2) is 22.5 Å². The summed E-state index contributed by atoms with van der Waals surface area (Å²) >= 11 is 0. The Morgan fingerprint density at radius 1 is 0.967 bits per heavy atom. The molecule has 1 atom stereocenters. The molecule has 1 aliphatic rings. The minimum Gasteiger partial charge on any atom is -0.356 e. The van der Waals surface area contributed by atoms with Gasteiger partial charge in [0.25, 0.3) is 0 Å². The summed E-state index contributed by atoms with van der Waals surface area (Å²) in [5.41, 5.74) is 3.80. The second-order valence-electron chi connectivity index (χ2n) is 7.37. The number of carbonyl (C=O) groups is 1. The van der Waals surface area contributed by atoms with E-state index in [4.69, 9.17) is 0 Å². The first-order valence-corrected chi connectivity index (χ1v) is 9.79. The first kappa shape index (κ1) is 18.4. The maximum absolute atomic E-state index is 14.8. The number of nitrogens with one attached hydrogen (secondary N) is 2. The standard InChI is InChI=1S/C24H19F2N3O/c25-15-9-11-16(12-10-15)27-24(30)29-14-13-18-17-5-2-4-8-21(17)28-22(18)23(29)19-6-1-3-7-20(19)26/h1-12,23,28H,13-14H2,(H,27,30)/t23-/m0/s1. The number of aromatic nitrogens is 1. The molecule has 4 nitrogen and oxygen atoms in total. The number of fused-ring (bicyclic) bond motifs is 3. The number of anilines is 1. The minimum atomic E-state index is -0.595. The monoisotopic (exact) mass is 403 g/mol. The summed E-state index contributed by atoms with van der Waals surface area (Å²) in [4.78, 5) is 18.2. The van der Waals surface area contributed by atoms with Gasteiger partial charge in [-0.2, -0.15) is 0 Å². The van der Waals surface area contributed by atoms with Crippen molar-refractivity contribution in [2.45, 2.75) is 12.5 Å². The van der Waals surface area contributed by atoms with Crippen molar-refractivity contribution in [2.24, 2.45) is 0 Å². The third-order valence-corrected chi connectivity index (χ3v) is 5.59. The number of urea groups is 1. The third-order valence-electron chi connectivity index (χ3n) is 5.59. The van der Waals surface area contributed by atoms with Crippen molar-refractivity contribution in [3.8, 4) is 0 Å². The van der Waals surface area contributed by atoms with Crippen LogP contribution in [0.4, 0.5) is 19.3 Å². The van der Waals surface area contributed by atoms with E-state index in [1.807, 2.05) is 24.3 Å². The van der Waals surface area contributed by atoms with Gasteiger partial charge in [0.15, 0.2) is 0 Å². The number of benzene rings is 3. The zero-order chi connectivity index (χ0) is 20.7. The molecule has 0 radical (unpaired) electrons. The number of hydrogen-bond acceptors (Lipinski definition) is 1. The van der Waals surface area contributed by atoms with Crippen LogP contribution in [0.5, 0.6) is 0 Å². The molecular formula is C24H19F2N3O. The zero-order valence-corrected chi connectivity index (χ0v) is 16.0. The largest absolute Gasteiger partial charge is 0.356 e. The smallest absolute Gasteiger partial charge is 0.322 e. The summed E-state index contributed by atoms with van der Waals surface area (Å²) < 4.78 is 28.0. The second-order valence-corrected chi connectivity index (χ2v) is 7.37. The van der Waals surface area contributed by atoms with E-state index in [0.29, 0.717) is 24.2 Å². The lowest BCUT2D eigenvalue weighted by Crippen LogP contribution is -2.43. The number of carbonyl (C=O) groups excluding carboxylic acids is 1. The Hall–Kier alpha value is -3.67. The van der Waals surface area contributed by atoms with Crippen molar-refractivity contribution in [1.29, 1.82) is 0 Å². The number of amides is 2. The Balaban J connectivity index is 1.59. The molecule has 0 aliphatic carbocycles. The van der Waals surface area contributed by atoms with Gasteiger partial charge in [-0.15, -0.1) is 0 Å². The molecule has 0 unspecified atom stereocenters. The van der Waals surface area contributed by atoms with Crippen LogP contribution in [0.25, 0.3) is 10.9 Å². The predicted octanol–water partition coefficient (Wildman–Crippen LogP) is 5.63. The molecule has 150 valence electrons. The highest BCUT2D eigenvalue weighted by atomic mass is 19.1. The summed E-state index contributed by atoms with van der Waals surface area (Å²) in [6.45, 7) is 0.431. The number of hydrogen-bond donors (Lipinski definition) is 2. The molecule has 0 spiro atoms. The van der Waals surface area contributed by atoms with E-state index in [1.54, 1.807) is 23.1 Å². The van der Waals surface area contributed by atoms with E-state index in [0.717, 1.165) is 22.2 Å². The Morgan fingerprint density at radius 3 is 2.50 bits per heavy atom. The second kappa shape index (κ2) is 7.30. The van der Waals surface area contributed by atoms with Crippen LogP contribution >= 0.6 is 0 Å². The van der Waals surface area contributed by atoms with Gasteiger partial charge in [-0.25, -0.2) is 13.6 Å². The Labute approximate surface area is 172 Å². The topological polar surface area (TPSA) is 48.1 Å². The fourth-order valence-electron chi connectivity index (χ4n) is 4.21. The van der Waals surface area contributed by atoms with E-state index in [1.165, 1.54) is 30.3 Å². The van der Waals surface area contributed by atoms with Crippen LogP contribution in [-0.2, 0) is 6.42 Å². The van der Waals surface area contributed by atoms with Crippen LogP contribution in [0.3, 0.4) is 0 Å². The summed E-state index contributed by atoms with van der Waals surface area (Å²) in [6, 6.07) is 19.1. The summed E-state index contributed by atoms with van der Waals surface area (Å²) in [7, 11) is 0. The summed E-state index contributed by atoms with van der Waals surface area (Å²) in [6.07, 6.45) is 0.654. The maximum Gasteiger partial charge on any atom is 0.322 e. The minimum absolute atomic E-state index is 0.362. The quantitative estimate of drug-likeness (QED) is 0.448. The van der Waals surface area contributed by atoms with E-state index >= 15 is 0 Å². The lowest BCUT2D eigenvalue weighted by atomic mass is 9.92. The molecule has 3 aromatic carbocycles. The van der Waals surface area contributed by atoms with Gasteiger partial charge in [-0.3, -0.25) is 0 Å². The fourth-order valence-corrected chi connectivity index (χ4v) is 4.21. The number of rotatable bonds is 2. The van der Waals surface area contributed by atoms with Gasteiger partial charge in [-0.05, 0) is 48.4 Å². The molecule has 2 heterocycles. The van der Waals surface area contributed by atoms with Crippen molar-refractivity contribution in [3.05, 3.63) is 101 Å². The van der Waals surface area contributed by atoms with Crippen LogP contribution < -0.4 is 5.32 Å². The maximum atomic E-state index is 14.8. The number of aromatic amines is 1. The Morgan fingerprint density at radius 2 is 1.70 bits per heavy atom. The molecule has 2 N–H and O–H groups in total. The van der Waals surface area contributed by atoms with Gasteiger partial charge in [0, 0.05) is 34.4 Å². The average Bonchev–Trinajstić information content (AvgIpc) is 3.14. The van der Waals surface area contributed by atoms with Gasteiger partial charge >= 0.3 is 6.03 Å². The van der Waals surface area contributed by atoms with Gasteiger partial charge < -0.3 is 15.2 Å². The van der Waals surface area contributed by atoms with Gasteiger partial charge in [0.2, 0.25) is 0 Å². The number of H-pyrrole nitrogens is 1. The normalized spacial score (nSPS) is 15.8. The molecular weight excluding hydrogens is 384 g/mol. The van der Waals surface area contributed by atoms with Crippen molar-refractivity contribution >= 4 is 22.6 Å². The Kier molecular flexibility index (Phi) is 4.47. The van der Waals surface area contributed by atoms with Crippen molar-refractivity contribution in [1.82, 2.24) is 9.88 Å². The predicted molar refractivity (Wildman–Crippen MR) is 112 cm³/mol. The molecule has 4 aromatic rings. The molecule has 0 saturated carbocycles. The highest BCUT2D eigenvalue weighted by Gasteiger charge is 2.35. The van der Waals surface area contributed by atoms with Crippen molar-refractivity contribution in [2.75, 3.05) is 11.9 Å². The van der Waals surface area contributed by atoms with Gasteiger partial charge in [0.05, 0.1) is 0 Å². The summed E-state index contributed by atoms with van der Waals surface area (Å²) in [5.74, 6) is -0.744. The fraction of sp³-hybridized carbons (Fsp3) is 0.125. The van der Waals surface area contributed by atoms with E-state index in [9.17, 15) is 13.6 Å². The molecule has 0 saturated heterocycles. The zero-order valence-electron chi connectivity index (χ0n) is 16.0. The lowest BCUT2D eigenvalue weighted by molar-refractivity contribution is 0.192. The van der Waals surface area contributed by atoms with E-state index in [2.05, 4.69) is 10.3 Å². The molecule has 0 bridgehead atoms. The van der Waals surface area contributed by atoms with E-state index < -0.39 is 6.04 Å². The molecule has 2 amide bonds. The average molecular weight is 403 g/mol. The molecule has 6 heteroatoms. The number of halogens is 2. The number of para-hydroxylation sites is 1.